The second kappa shape index (κ2) is 5.28. The third kappa shape index (κ3) is 2.11. The van der Waals surface area contributed by atoms with E-state index in [9.17, 15) is 0 Å². The van der Waals surface area contributed by atoms with Gasteiger partial charge in [-0.1, -0.05) is 36.7 Å². The first-order chi connectivity index (χ1) is 12.4. The van der Waals surface area contributed by atoms with Crippen molar-refractivity contribution in [3.8, 4) is 11.1 Å². The molecule has 0 aliphatic carbocycles. The minimum absolute atomic E-state index is 0.00689. The van der Waals surface area contributed by atoms with Gasteiger partial charge in [0.1, 0.15) is 0 Å². The molecule has 5 rings (SSSR count). The molecule has 3 aromatic rings. The van der Waals surface area contributed by atoms with Crippen LogP contribution in [0.1, 0.15) is 32.8 Å². The Bertz CT molecular complexity index is 1020. The summed E-state index contributed by atoms with van der Waals surface area (Å²) >= 11 is 6.76. The van der Waals surface area contributed by atoms with Gasteiger partial charge in [0.15, 0.2) is 0 Å². The van der Waals surface area contributed by atoms with Gasteiger partial charge in [-0.25, -0.2) is 0 Å². The monoisotopic (exact) mass is 366 g/mol. The number of halogens is 1. The molecular weight excluding hydrogens is 344 g/mol. The van der Waals surface area contributed by atoms with Gasteiger partial charge in [-0.15, -0.1) is 0 Å². The standard InChI is InChI=1S/C22H23ClN2O/c1-21(2)20-22(3,8-10-26-20)16-11-15(17(23)12-18(16)25-21)14-6-4-5-13-7-9-24-19(13)14/h4-7,9,11-12,20,24-25H,8,10H2,1-3H3. The number of aromatic nitrogens is 1. The van der Waals surface area contributed by atoms with E-state index in [1.165, 1.54) is 10.9 Å². The van der Waals surface area contributed by atoms with Crippen LogP contribution in [-0.2, 0) is 10.2 Å². The van der Waals surface area contributed by atoms with E-state index in [2.05, 4.69) is 67.5 Å². The Morgan fingerprint density at radius 3 is 2.81 bits per heavy atom. The first-order valence-electron chi connectivity index (χ1n) is 9.20. The molecule has 2 aliphatic rings. The number of para-hydroxylation sites is 1. The number of aromatic amines is 1. The first kappa shape index (κ1) is 16.2. The number of fused-ring (bicyclic) bond motifs is 4. The third-order valence-electron chi connectivity index (χ3n) is 6.20. The fraction of sp³-hybridized carbons (Fsp3) is 0.364. The minimum atomic E-state index is -0.122. The van der Waals surface area contributed by atoms with Gasteiger partial charge in [0, 0.05) is 35.0 Å². The van der Waals surface area contributed by atoms with E-state index in [-0.39, 0.29) is 17.1 Å². The van der Waals surface area contributed by atoms with Crippen LogP contribution in [0.2, 0.25) is 5.02 Å². The predicted octanol–water partition coefficient (Wildman–Crippen LogP) is 5.74. The summed E-state index contributed by atoms with van der Waals surface area (Å²) in [4.78, 5) is 3.36. The van der Waals surface area contributed by atoms with Crippen molar-refractivity contribution in [2.45, 2.75) is 44.2 Å². The molecule has 3 heterocycles. The molecule has 26 heavy (non-hydrogen) atoms. The quantitative estimate of drug-likeness (QED) is 0.576. The lowest BCUT2D eigenvalue weighted by atomic mass is 9.66. The number of benzene rings is 2. The molecule has 0 saturated carbocycles. The number of hydrogen-bond donors (Lipinski definition) is 2. The van der Waals surface area contributed by atoms with Crippen molar-refractivity contribution in [1.82, 2.24) is 4.98 Å². The molecule has 0 spiro atoms. The number of H-pyrrole nitrogens is 1. The summed E-state index contributed by atoms with van der Waals surface area (Å²) in [6.45, 7) is 7.56. The molecule has 4 heteroatoms. The number of anilines is 1. The smallest absolute Gasteiger partial charge is 0.0894 e. The van der Waals surface area contributed by atoms with Crippen LogP contribution in [0.25, 0.3) is 22.0 Å². The fourth-order valence-corrected chi connectivity index (χ4v) is 5.33. The van der Waals surface area contributed by atoms with Crippen LogP contribution in [0.3, 0.4) is 0 Å². The van der Waals surface area contributed by atoms with Crippen molar-refractivity contribution in [2.75, 3.05) is 11.9 Å². The Balaban J connectivity index is 1.76. The number of ether oxygens (including phenoxy) is 1. The van der Waals surface area contributed by atoms with Crippen molar-refractivity contribution >= 4 is 28.2 Å². The average Bonchev–Trinajstić information content (AvgIpc) is 3.21. The summed E-state index contributed by atoms with van der Waals surface area (Å²) in [6.07, 6.45) is 3.16. The molecule has 0 bridgehead atoms. The second-order valence-corrected chi connectivity index (χ2v) is 8.80. The maximum absolute atomic E-state index is 6.76. The zero-order valence-corrected chi connectivity index (χ0v) is 16.1. The maximum Gasteiger partial charge on any atom is 0.0894 e. The largest absolute Gasteiger partial charge is 0.377 e. The summed E-state index contributed by atoms with van der Waals surface area (Å²) in [5, 5.41) is 5.64. The molecule has 0 amide bonds. The molecule has 2 aliphatic heterocycles. The average molecular weight is 367 g/mol. The van der Waals surface area contributed by atoms with Gasteiger partial charge in [-0.2, -0.15) is 0 Å². The van der Waals surface area contributed by atoms with E-state index in [4.69, 9.17) is 16.3 Å². The molecule has 1 aromatic heterocycles. The summed E-state index contributed by atoms with van der Waals surface area (Å²) < 4.78 is 6.16. The molecule has 3 nitrogen and oxygen atoms in total. The maximum atomic E-state index is 6.76. The summed E-state index contributed by atoms with van der Waals surface area (Å²) in [5.41, 5.74) is 5.66. The van der Waals surface area contributed by atoms with Crippen LogP contribution in [0.15, 0.2) is 42.6 Å². The van der Waals surface area contributed by atoms with Crippen molar-refractivity contribution in [1.29, 1.82) is 0 Å². The molecule has 134 valence electrons. The van der Waals surface area contributed by atoms with Gasteiger partial charge in [0.25, 0.3) is 0 Å². The second-order valence-electron chi connectivity index (χ2n) is 8.39. The van der Waals surface area contributed by atoms with Crippen LogP contribution in [0.5, 0.6) is 0 Å². The number of hydrogen-bond acceptors (Lipinski definition) is 2. The molecule has 1 fully saturated rings. The van der Waals surface area contributed by atoms with Gasteiger partial charge >= 0.3 is 0 Å². The highest BCUT2D eigenvalue weighted by molar-refractivity contribution is 6.34. The van der Waals surface area contributed by atoms with E-state index < -0.39 is 0 Å². The lowest BCUT2D eigenvalue weighted by Gasteiger charge is -2.48. The summed E-state index contributed by atoms with van der Waals surface area (Å²) in [7, 11) is 0. The number of nitrogens with one attached hydrogen (secondary N) is 2. The molecule has 2 aromatic carbocycles. The van der Waals surface area contributed by atoms with Crippen molar-refractivity contribution in [2.24, 2.45) is 0 Å². The van der Waals surface area contributed by atoms with Crippen LogP contribution < -0.4 is 5.32 Å². The minimum Gasteiger partial charge on any atom is -0.377 e. The van der Waals surface area contributed by atoms with Gasteiger partial charge in [0.05, 0.1) is 22.2 Å². The highest BCUT2D eigenvalue weighted by Crippen LogP contribution is 2.52. The highest BCUT2D eigenvalue weighted by Gasteiger charge is 2.53. The topological polar surface area (TPSA) is 37.0 Å². The Morgan fingerprint density at radius 2 is 1.96 bits per heavy atom. The fourth-order valence-electron chi connectivity index (χ4n) is 5.06. The Morgan fingerprint density at radius 1 is 1.12 bits per heavy atom. The zero-order valence-electron chi connectivity index (χ0n) is 15.3. The molecule has 0 radical (unpaired) electrons. The van der Waals surface area contributed by atoms with E-state index >= 15 is 0 Å². The third-order valence-corrected chi connectivity index (χ3v) is 6.51. The highest BCUT2D eigenvalue weighted by atomic mass is 35.5. The Hall–Kier alpha value is -1.97. The SMILES string of the molecule is CC1(C)Nc2cc(Cl)c(-c3cccc4cc[nH]c34)cc2C2(C)CCOC12. The lowest BCUT2D eigenvalue weighted by molar-refractivity contribution is 0.0353. The van der Waals surface area contributed by atoms with Gasteiger partial charge in [-0.05, 0) is 49.4 Å². The summed E-state index contributed by atoms with van der Waals surface area (Å²) in [5.74, 6) is 0. The van der Waals surface area contributed by atoms with E-state index in [0.717, 1.165) is 40.4 Å². The van der Waals surface area contributed by atoms with Crippen molar-refractivity contribution in [3.05, 3.63) is 53.2 Å². The molecular formula is C22H23ClN2O. The van der Waals surface area contributed by atoms with Crippen molar-refractivity contribution < 1.29 is 4.74 Å². The Kier molecular flexibility index (Phi) is 3.29. The van der Waals surface area contributed by atoms with Crippen LogP contribution >= 0.6 is 11.6 Å². The van der Waals surface area contributed by atoms with E-state index in [0.29, 0.717) is 0 Å². The lowest BCUT2D eigenvalue weighted by Crippen LogP contribution is -2.56. The summed E-state index contributed by atoms with van der Waals surface area (Å²) in [6, 6.07) is 12.8. The molecule has 2 atom stereocenters. The zero-order chi connectivity index (χ0) is 18.1. The molecule has 2 unspecified atom stereocenters. The normalized spacial score (nSPS) is 26.4. The number of rotatable bonds is 1. The molecule has 1 saturated heterocycles. The van der Waals surface area contributed by atoms with Crippen LogP contribution in [0.4, 0.5) is 5.69 Å². The van der Waals surface area contributed by atoms with Crippen molar-refractivity contribution in [3.63, 3.8) is 0 Å². The van der Waals surface area contributed by atoms with Crippen LogP contribution in [0, 0.1) is 0 Å². The first-order valence-corrected chi connectivity index (χ1v) is 9.58. The van der Waals surface area contributed by atoms with Crippen LogP contribution in [-0.4, -0.2) is 23.2 Å². The van der Waals surface area contributed by atoms with Gasteiger partial charge in [0.2, 0.25) is 0 Å². The van der Waals surface area contributed by atoms with Gasteiger partial charge < -0.3 is 15.0 Å². The predicted molar refractivity (Wildman–Crippen MR) is 108 cm³/mol. The van der Waals surface area contributed by atoms with E-state index in [1.54, 1.807) is 0 Å². The van der Waals surface area contributed by atoms with E-state index in [1.807, 2.05) is 6.20 Å². The molecule has 2 N–H and O–H groups in total. The van der Waals surface area contributed by atoms with Gasteiger partial charge in [-0.3, -0.25) is 0 Å². The Labute approximate surface area is 158 Å².